The first-order valence-electron chi connectivity index (χ1n) is 6.67. The number of nitrogens with zero attached hydrogens (tertiary/aromatic N) is 1. The Labute approximate surface area is 113 Å². The summed E-state index contributed by atoms with van der Waals surface area (Å²) in [5, 5.41) is 11.5. The van der Waals surface area contributed by atoms with Crippen molar-refractivity contribution in [1.29, 1.82) is 0 Å². The van der Waals surface area contributed by atoms with Crippen LogP contribution < -0.4 is 11.2 Å². The van der Waals surface area contributed by atoms with Crippen molar-refractivity contribution < 1.29 is 9.90 Å². The second-order valence-electron chi connectivity index (χ2n) is 5.25. The molecule has 2 rings (SSSR count). The molecule has 0 spiro atoms. The Hall–Kier alpha value is -1.75. The number of phenols is 1. The first kappa shape index (κ1) is 13.7. The highest BCUT2D eigenvalue weighted by Crippen LogP contribution is 2.22. The van der Waals surface area contributed by atoms with E-state index in [1.54, 1.807) is 6.07 Å². The second kappa shape index (κ2) is 5.48. The summed E-state index contributed by atoms with van der Waals surface area (Å²) in [5.74, 6) is -0.275. The lowest BCUT2D eigenvalue weighted by Gasteiger charge is -2.38. The first-order chi connectivity index (χ1) is 8.99. The van der Waals surface area contributed by atoms with Gasteiger partial charge in [0, 0.05) is 17.6 Å². The third kappa shape index (κ3) is 2.98. The number of anilines is 1. The molecule has 4 N–H and O–H groups in total. The van der Waals surface area contributed by atoms with Crippen LogP contribution in [0.4, 0.5) is 5.69 Å². The normalized spacial score (nSPS) is 24.1. The number of piperidine rings is 1. The van der Waals surface area contributed by atoms with Gasteiger partial charge in [-0.25, -0.2) is 5.01 Å². The maximum atomic E-state index is 12.2. The van der Waals surface area contributed by atoms with Crippen LogP contribution in [0.15, 0.2) is 18.2 Å². The van der Waals surface area contributed by atoms with E-state index < -0.39 is 0 Å². The van der Waals surface area contributed by atoms with E-state index in [-0.39, 0.29) is 17.3 Å². The molecule has 1 heterocycles. The predicted octanol–water partition coefficient (Wildman–Crippen LogP) is 1.88. The van der Waals surface area contributed by atoms with Crippen molar-refractivity contribution in [3.05, 3.63) is 23.8 Å². The molecule has 0 bridgehead atoms. The zero-order valence-electron chi connectivity index (χ0n) is 11.4. The Bertz CT molecular complexity index is 466. The Morgan fingerprint density at radius 3 is 2.58 bits per heavy atom. The molecule has 1 aliphatic rings. The van der Waals surface area contributed by atoms with Gasteiger partial charge in [-0.2, -0.15) is 0 Å². The maximum Gasteiger partial charge on any atom is 0.265 e. The van der Waals surface area contributed by atoms with E-state index in [4.69, 9.17) is 5.73 Å². The van der Waals surface area contributed by atoms with Crippen LogP contribution in [0.25, 0.3) is 0 Å². The molecule has 1 aliphatic heterocycles. The van der Waals surface area contributed by atoms with Gasteiger partial charge in [0.15, 0.2) is 0 Å². The molecule has 5 nitrogen and oxygen atoms in total. The van der Waals surface area contributed by atoms with Gasteiger partial charge < -0.3 is 10.8 Å². The van der Waals surface area contributed by atoms with Gasteiger partial charge in [-0.3, -0.25) is 10.2 Å². The lowest BCUT2D eigenvalue weighted by Crippen LogP contribution is -2.54. The molecule has 0 radical (unpaired) electrons. The molecule has 1 amide bonds. The molecule has 19 heavy (non-hydrogen) atoms. The molecule has 1 saturated heterocycles. The van der Waals surface area contributed by atoms with E-state index in [0.717, 1.165) is 12.8 Å². The highest BCUT2D eigenvalue weighted by Gasteiger charge is 2.26. The minimum atomic E-state index is -0.212. The Morgan fingerprint density at radius 2 is 2.00 bits per heavy atom. The summed E-state index contributed by atoms with van der Waals surface area (Å²) < 4.78 is 0. The van der Waals surface area contributed by atoms with Gasteiger partial charge in [0.1, 0.15) is 5.75 Å². The van der Waals surface area contributed by atoms with Crippen LogP contribution in [0.3, 0.4) is 0 Å². The predicted molar refractivity (Wildman–Crippen MR) is 74.6 cm³/mol. The van der Waals surface area contributed by atoms with Gasteiger partial charge in [0.25, 0.3) is 5.91 Å². The molecule has 2 atom stereocenters. The topological polar surface area (TPSA) is 78.6 Å². The van der Waals surface area contributed by atoms with Crippen molar-refractivity contribution in [3.63, 3.8) is 0 Å². The Balaban J connectivity index is 2.09. The van der Waals surface area contributed by atoms with Crippen LogP contribution in [-0.2, 0) is 0 Å². The number of aromatic hydroxyl groups is 1. The number of benzene rings is 1. The lowest BCUT2D eigenvalue weighted by atomic mass is 10.00. The molecule has 1 aromatic rings. The molecular weight excluding hydrogens is 242 g/mol. The first-order valence-corrected chi connectivity index (χ1v) is 6.67. The fraction of sp³-hybridized carbons (Fsp3) is 0.500. The van der Waals surface area contributed by atoms with Crippen LogP contribution in [0.1, 0.15) is 43.5 Å². The highest BCUT2D eigenvalue weighted by atomic mass is 16.3. The van der Waals surface area contributed by atoms with E-state index in [1.165, 1.54) is 18.6 Å². The van der Waals surface area contributed by atoms with Crippen molar-refractivity contribution in [3.8, 4) is 5.75 Å². The number of amides is 1. The zero-order chi connectivity index (χ0) is 14.0. The molecule has 104 valence electrons. The highest BCUT2D eigenvalue weighted by molar-refractivity contribution is 5.94. The summed E-state index contributed by atoms with van der Waals surface area (Å²) in [5.41, 5.74) is 9.14. The molecule has 0 saturated carbocycles. The van der Waals surface area contributed by atoms with E-state index in [9.17, 15) is 9.90 Å². The monoisotopic (exact) mass is 263 g/mol. The average Bonchev–Trinajstić information content (AvgIpc) is 2.37. The van der Waals surface area contributed by atoms with E-state index in [1.807, 2.05) is 5.01 Å². The average molecular weight is 263 g/mol. The number of nitrogens with one attached hydrogen (secondary N) is 1. The minimum Gasteiger partial charge on any atom is -0.506 e. The van der Waals surface area contributed by atoms with E-state index >= 15 is 0 Å². The molecule has 1 fully saturated rings. The van der Waals surface area contributed by atoms with Crippen molar-refractivity contribution >= 4 is 11.6 Å². The van der Waals surface area contributed by atoms with Gasteiger partial charge in [-0.05, 0) is 44.9 Å². The third-order valence-electron chi connectivity index (χ3n) is 3.72. The Morgan fingerprint density at radius 1 is 1.37 bits per heavy atom. The summed E-state index contributed by atoms with van der Waals surface area (Å²) in [6.07, 6.45) is 3.35. The van der Waals surface area contributed by atoms with Crippen molar-refractivity contribution in [2.75, 3.05) is 5.73 Å². The fourth-order valence-electron chi connectivity index (χ4n) is 2.51. The fourth-order valence-corrected chi connectivity index (χ4v) is 2.51. The summed E-state index contributed by atoms with van der Waals surface area (Å²) in [6, 6.07) is 5.20. The van der Waals surface area contributed by atoms with Crippen LogP contribution in [0.5, 0.6) is 5.75 Å². The Kier molecular flexibility index (Phi) is 3.95. The van der Waals surface area contributed by atoms with Gasteiger partial charge in [0.2, 0.25) is 0 Å². The smallest absolute Gasteiger partial charge is 0.265 e. The summed E-state index contributed by atoms with van der Waals surface area (Å²) in [7, 11) is 0. The van der Waals surface area contributed by atoms with Crippen LogP contribution in [0, 0.1) is 0 Å². The largest absolute Gasteiger partial charge is 0.506 e. The van der Waals surface area contributed by atoms with Crippen molar-refractivity contribution in [2.24, 2.45) is 0 Å². The molecule has 1 aromatic carbocycles. The number of hydrogen-bond acceptors (Lipinski definition) is 4. The number of hydrogen-bond donors (Lipinski definition) is 3. The number of nitrogen functional groups attached to an aromatic ring is 1. The standard InChI is InChI=1S/C14H21N3O2/c1-9-4-3-5-10(2)17(9)16-14(19)11-6-7-12(15)13(18)8-11/h6-10,18H,3-5,15H2,1-2H3,(H,16,19). The zero-order valence-corrected chi connectivity index (χ0v) is 11.4. The van der Waals surface area contributed by atoms with Crippen LogP contribution in [-0.4, -0.2) is 28.1 Å². The third-order valence-corrected chi connectivity index (χ3v) is 3.72. The maximum absolute atomic E-state index is 12.2. The molecule has 0 aliphatic carbocycles. The SMILES string of the molecule is CC1CCCC(C)N1NC(=O)c1ccc(N)c(O)c1. The number of carbonyl (C=O) groups excluding carboxylic acids is 1. The van der Waals surface area contributed by atoms with Crippen molar-refractivity contribution in [1.82, 2.24) is 10.4 Å². The van der Waals surface area contributed by atoms with Crippen LogP contribution in [0.2, 0.25) is 0 Å². The lowest BCUT2D eigenvalue weighted by molar-refractivity contribution is 0.0369. The summed E-state index contributed by atoms with van der Waals surface area (Å²) in [4.78, 5) is 12.2. The number of nitrogens with two attached hydrogens (primary N) is 1. The summed E-state index contributed by atoms with van der Waals surface area (Å²) >= 11 is 0. The number of phenolic OH excluding ortho intramolecular Hbond substituents is 1. The van der Waals surface area contributed by atoms with Crippen LogP contribution >= 0.6 is 0 Å². The molecule has 2 unspecified atom stereocenters. The van der Waals surface area contributed by atoms with Gasteiger partial charge in [-0.15, -0.1) is 0 Å². The molecule has 5 heteroatoms. The molecule has 0 aromatic heterocycles. The van der Waals surface area contributed by atoms with Gasteiger partial charge in [-0.1, -0.05) is 6.42 Å². The van der Waals surface area contributed by atoms with Gasteiger partial charge >= 0.3 is 0 Å². The second-order valence-corrected chi connectivity index (χ2v) is 5.25. The number of hydrazine groups is 1. The number of rotatable bonds is 2. The quantitative estimate of drug-likeness (QED) is 0.562. The van der Waals surface area contributed by atoms with E-state index in [2.05, 4.69) is 19.3 Å². The summed E-state index contributed by atoms with van der Waals surface area (Å²) in [6.45, 7) is 4.22. The van der Waals surface area contributed by atoms with Gasteiger partial charge in [0.05, 0.1) is 5.69 Å². The molecular formula is C14H21N3O2. The van der Waals surface area contributed by atoms with E-state index in [0.29, 0.717) is 17.6 Å². The minimum absolute atomic E-state index is 0.0626. The number of carbonyl (C=O) groups is 1. The van der Waals surface area contributed by atoms with Crippen molar-refractivity contribution in [2.45, 2.75) is 45.2 Å².